The molecular weight excluding hydrogens is 344 g/mol. The van der Waals surface area contributed by atoms with Crippen molar-refractivity contribution < 1.29 is 8.78 Å². The third-order valence-electron chi connectivity index (χ3n) is 3.60. The molecule has 124 valence electrons. The Morgan fingerprint density at radius 3 is 2.56 bits per heavy atom. The Balaban J connectivity index is 1.71. The van der Waals surface area contributed by atoms with Crippen molar-refractivity contribution in [2.45, 2.75) is 0 Å². The number of halogens is 2. The third-order valence-corrected chi connectivity index (χ3v) is 4.45. The highest BCUT2D eigenvalue weighted by atomic mass is 32.1. The molecule has 0 saturated carbocycles. The Morgan fingerprint density at radius 2 is 1.80 bits per heavy atom. The zero-order valence-corrected chi connectivity index (χ0v) is 13.5. The van der Waals surface area contributed by atoms with Crippen LogP contribution >= 0.6 is 11.3 Å². The Kier molecular flexibility index (Phi) is 3.73. The molecule has 0 aliphatic carbocycles. The Morgan fingerprint density at radius 1 is 1.00 bits per heavy atom. The maximum Gasteiger partial charge on any atom is 0.165 e. The van der Waals surface area contributed by atoms with Gasteiger partial charge in [-0.3, -0.25) is 0 Å². The second-order valence-corrected chi connectivity index (χ2v) is 6.12. The first-order chi connectivity index (χ1) is 12.1. The summed E-state index contributed by atoms with van der Waals surface area (Å²) in [5, 5.41) is 10.5. The van der Waals surface area contributed by atoms with Crippen LogP contribution in [0.25, 0.3) is 27.6 Å². The van der Waals surface area contributed by atoms with Gasteiger partial charge in [0.05, 0.1) is 11.4 Å². The summed E-state index contributed by atoms with van der Waals surface area (Å²) >= 11 is 1.35. The fourth-order valence-corrected chi connectivity index (χ4v) is 3.20. The third kappa shape index (κ3) is 2.87. The zero-order valence-electron chi connectivity index (χ0n) is 12.7. The van der Waals surface area contributed by atoms with Crippen molar-refractivity contribution in [3.63, 3.8) is 0 Å². The number of nitrogens with two attached hydrogens (primary N) is 1. The average molecular weight is 355 g/mol. The van der Waals surface area contributed by atoms with Gasteiger partial charge in [0.15, 0.2) is 11.5 Å². The Labute approximate surface area is 145 Å². The van der Waals surface area contributed by atoms with Gasteiger partial charge in [0.1, 0.15) is 16.6 Å². The maximum atomic E-state index is 13.4. The van der Waals surface area contributed by atoms with Gasteiger partial charge in [0.2, 0.25) is 0 Å². The van der Waals surface area contributed by atoms with Crippen molar-refractivity contribution >= 4 is 17.2 Å². The van der Waals surface area contributed by atoms with Gasteiger partial charge in [-0.2, -0.15) is 4.68 Å². The molecule has 0 unspecified atom stereocenters. The number of nitrogen functional groups attached to an aromatic ring is 1. The van der Waals surface area contributed by atoms with E-state index in [4.69, 9.17) is 5.73 Å². The lowest BCUT2D eigenvalue weighted by atomic mass is 10.2. The van der Waals surface area contributed by atoms with Crippen LogP contribution in [0.3, 0.4) is 0 Å². The standard InChI is InChI=1S/C17H11F2N5S/c18-11-6-4-10(5-7-11)14-9-25-17(21-14)15-16(20)24(23-22-15)13-3-1-2-12(19)8-13/h1-9H,20H2. The van der Waals surface area contributed by atoms with E-state index in [1.165, 1.54) is 40.3 Å². The Bertz CT molecular complexity index is 1040. The van der Waals surface area contributed by atoms with E-state index in [0.717, 1.165) is 5.56 Å². The van der Waals surface area contributed by atoms with Gasteiger partial charge in [-0.15, -0.1) is 16.4 Å². The highest BCUT2D eigenvalue weighted by molar-refractivity contribution is 7.13. The van der Waals surface area contributed by atoms with Gasteiger partial charge in [-0.1, -0.05) is 11.3 Å². The molecule has 0 aliphatic rings. The molecule has 4 rings (SSSR count). The topological polar surface area (TPSA) is 69.6 Å². The van der Waals surface area contributed by atoms with Crippen LogP contribution in [0.15, 0.2) is 53.9 Å². The van der Waals surface area contributed by atoms with Gasteiger partial charge in [-0.05, 0) is 42.5 Å². The number of benzene rings is 2. The van der Waals surface area contributed by atoms with E-state index in [0.29, 0.717) is 22.1 Å². The van der Waals surface area contributed by atoms with Gasteiger partial charge in [-0.25, -0.2) is 13.8 Å². The minimum atomic E-state index is -0.387. The fourth-order valence-electron chi connectivity index (χ4n) is 2.38. The molecular formula is C17H11F2N5S. The average Bonchev–Trinajstić information content (AvgIpc) is 3.22. The molecule has 25 heavy (non-hydrogen) atoms. The lowest BCUT2D eigenvalue weighted by molar-refractivity contribution is 0.625. The molecule has 0 aliphatic heterocycles. The predicted octanol–water partition coefficient (Wildman–Crippen LogP) is 3.92. The molecule has 0 spiro atoms. The molecule has 2 heterocycles. The molecule has 0 amide bonds. The summed E-state index contributed by atoms with van der Waals surface area (Å²) in [6, 6.07) is 12.0. The number of nitrogens with zero attached hydrogens (tertiary/aromatic N) is 4. The van der Waals surface area contributed by atoms with Crippen molar-refractivity contribution in [1.29, 1.82) is 0 Å². The van der Waals surface area contributed by atoms with Crippen LogP contribution < -0.4 is 5.73 Å². The zero-order chi connectivity index (χ0) is 17.4. The number of thiazole rings is 1. The van der Waals surface area contributed by atoms with Crippen molar-refractivity contribution in [2.75, 3.05) is 5.73 Å². The highest BCUT2D eigenvalue weighted by Crippen LogP contribution is 2.31. The lowest BCUT2D eigenvalue weighted by Crippen LogP contribution is -2.02. The van der Waals surface area contributed by atoms with Crippen molar-refractivity contribution in [3.8, 4) is 27.6 Å². The number of hydrogen-bond acceptors (Lipinski definition) is 5. The number of aromatic nitrogens is 4. The predicted molar refractivity (Wildman–Crippen MR) is 92.2 cm³/mol. The normalized spacial score (nSPS) is 11.0. The van der Waals surface area contributed by atoms with Gasteiger partial charge in [0.25, 0.3) is 0 Å². The molecule has 2 N–H and O–H groups in total. The van der Waals surface area contributed by atoms with Crippen LogP contribution in [0, 0.1) is 11.6 Å². The SMILES string of the molecule is Nc1c(-c2nc(-c3ccc(F)cc3)cs2)nnn1-c1cccc(F)c1. The molecule has 2 aromatic carbocycles. The van der Waals surface area contributed by atoms with Crippen LogP contribution in [-0.2, 0) is 0 Å². The quantitative estimate of drug-likeness (QED) is 0.605. The second kappa shape index (κ2) is 6.06. The molecule has 0 fully saturated rings. The van der Waals surface area contributed by atoms with Crippen LogP contribution in [-0.4, -0.2) is 20.0 Å². The monoisotopic (exact) mass is 355 g/mol. The minimum absolute atomic E-state index is 0.269. The summed E-state index contributed by atoms with van der Waals surface area (Å²) in [5.41, 5.74) is 8.50. The molecule has 0 bridgehead atoms. The van der Waals surface area contributed by atoms with Crippen LogP contribution in [0.2, 0.25) is 0 Å². The van der Waals surface area contributed by atoms with Crippen molar-refractivity contribution in [2.24, 2.45) is 0 Å². The van der Waals surface area contributed by atoms with E-state index in [1.807, 2.05) is 5.38 Å². The summed E-state index contributed by atoms with van der Waals surface area (Å²) in [7, 11) is 0. The second-order valence-electron chi connectivity index (χ2n) is 5.26. The summed E-state index contributed by atoms with van der Waals surface area (Å²) in [5.74, 6) is -0.422. The molecule has 0 saturated heterocycles. The first-order valence-electron chi connectivity index (χ1n) is 7.31. The number of hydrogen-bond donors (Lipinski definition) is 1. The van der Waals surface area contributed by atoms with Gasteiger partial charge in [0, 0.05) is 10.9 Å². The Hall–Kier alpha value is -3.13. The van der Waals surface area contributed by atoms with E-state index in [2.05, 4.69) is 15.3 Å². The molecule has 5 nitrogen and oxygen atoms in total. The highest BCUT2D eigenvalue weighted by Gasteiger charge is 2.17. The summed E-state index contributed by atoms with van der Waals surface area (Å²) in [6.07, 6.45) is 0. The largest absolute Gasteiger partial charge is 0.382 e. The van der Waals surface area contributed by atoms with Crippen molar-refractivity contribution in [3.05, 3.63) is 65.5 Å². The van der Waals surface area contributed by atoms with Gasteiger partial charge < -0.3 is 5.73 Å². The van der Waals surface area contributed by atoms with E-state index in [9.17, 15) is 8.78 Å². The van der Waals surface area contributed by atoms with Crippen LogP contribution in [0.1, 0.15) is 0 Å². The van der Waals surface area contributed by atoms with E-state index < -0.39 is 0 Å². The molecule has 4 aromatic rings. The number of rotatable bonds is 3. The minimum Gasteiger partial charge on any atom is -0.382 e. The van der Waals surface area contributed by atoms with E-state index >= 15 is 0 Å². The van der Waals surface area contributed by atoms with Crippen LogP contribution in [0.5, 0.6) is 0 Å². The smallest absolute Gasteiger partial charge is 0.165 e. The molecule has 0 radical (unpaired) electrons. The summed E-state index contributed by atoms with van der Waals surface area (Å²) in [6.45, 7) is 0. The van der Waals surface area contributed by atoms with Crippen molar-refractivity contribution in [1.82, 2.24) is 20.0 Å². The molecule has 2 aromatic heterocycles. The summed E-state index contributed by atoms with van der Waals surface area (Å²) in [4.78, 5) is 4.49. The van der Waals surface area contributed by atoms with E-state index in [1.54, 1.807) is 24.3 Å². The lowest BCUT2D eigenvalue weighted by Gasteiger charge is -2.02. The van der Waals surface area contributed by atoms with Gasteiger partial charge >= 0.3 is 0 Å². The molecule has 0 atom stereocenters. The summed E-state index contributed by atoms with van der Waals surface area (Å²) < 4.78 is 27.8. The first kappa shape index (κ1) is 15.4. The number of anilines is 1. The first-order valence-corrected chi connectivity index (χ1v) is 8.19. The maximum absolute atomic E-state index is 13.4. The van der Waals surface area contributed by atoms with E-state index in [-0.39, 0.29) is 17.5 Å². The fraction of sp³-hybridized carbons (Fsp3) is 0. The molecule has 8 heteroatoms. The van der Waals surface area contributed by atoms with Crippen LogP contribution in [0.4, 0.5) is 14.6 Å².